The van der Waals surface area contributed by atoms with Gasteiger partial charge in [0.15, 0.2) is 0 Å². The molecule has 3 rings (SSSR count). The van der Waals surface area contributed by atoms with Crippen LogP contribution in [0.3, 0.4) is 0 Å². The Morgan fingerprint density at radius 2 is 1.95 bits per heavy atom. The van der Waals surface area contributed by atoms with Gasteiger partial charge in [-0.15, -0.1) is 11.3 Å². The molecule has 0 aliphatic carbocycles. The van der Waals surface area contributed by atoms with Gasteiger partial charge in [-0.3, -0.25) is 4.90 Å². The van der Waals surface area contributed by atoms with E-state index in [0.29, 0.717) is 0 Å². The van der Waals surface area contributed by atoms with Gasteiger partial charge in [-0.05, 0) is 23.6 Å². The number of thiophene rings is 1. The van der Waals surface area contributed by atoms with Crippen molar-refractivity contribution in [2.24, 2.45) is 0 Å². The van der Waals surface area contributed by atoms with Crippen molar-refractivity contribution in [3.63, 3.8) is 0 Å². The van der Waals surface area contributed by atoms with Crippen molar-refractivity contribution >= 4 is 11.3 Å². The van der Waals surface area contributed by atoms with E-state index in [2.05, 4.69) is 41.1 Å². The number of hydrogen-bond acceptors (Lipinski definition) is 4. The van der Waals surface area contributed by atoms with Crippen molar-refractivity contribution in [1.82, 2.24) is 9.88 Å². The van der Waals surface area contributed by atoms with E-state index >= 15 is 0 Å². The molecule has 1 aromatic carbocycles. The van der Waals surface area contributed by atoms with Gasteiger partial charge in [0.25, 0.3) is 0 Å². The summed E-state index contributed by atoms with van der Waals surface area (Å²) in [6.45, 7) is 4.89. The lowest BCUT2D eigenvalue weighted by Crippen LogP contribution is -2.22. The molecule has 108 valence electrons. The van der Waals surface area contributed by atoms with Gasteiger partial charge >= 0.3 is 0 Å². The second kappa shape index (κ2) is 6.70. The number of oxazole rings is 1. The smallest absolute Gasteiger partial charge is 0.236 e. The van der Waals surface area contributed by atoms with Crippen molar-refractivity contribution in [3.05, 3.63) is 65.4 Å². The van der Waals surface area contributed by atoms with E-state index in [1.807, 2.05) is 23.6 Å². The minimum absolute atomic E-state index is 0.718. The highest BCUT2D eigenvalue weighted by Gasteiger charge is 2.11. The minimum Gasteiger partial charge on any atom is -0.444 e. The Morgan fingerprint density at radius 1 is 1.10 bits per heavy atom. The van der Waals surface area contributed by atoms with Gasteiger partial charge in [0.2, 0.25) is 5.89 Å². The zero-order chi connectivity index (χ0) is 14.5. The van der Waals surface area contributed by atoms with Crippen molar-refractivity contribution < 1.29 is 4.42 Å². The maximum Gasteiger partial charge on any atom is 0.236 e. The van der Waals surface area contributed by atoms with Crippen molar-refractivity contribution in [3.8, 4) is 10.8 Å². The van der Waals surface area contributed by atoms with Crippen LogP contribution in [0.15, 0.2) is 58.5 Å². The average molecular weight is 298 g/mol. The molecule has 0 spiro atoms. The molecule has 2 aromatic heterocycles. The SMILES string of the molecule is CCN(Cc1ccccc1)Cc1coc(-c2cccs2)n1. The standard InChI is InChI=1S/C17H18N2OS/c1-2-19(11-14-7-4-3-5-8-14)12-15-13-20-17(18-15)16-9-6-10-21-16/h3-10,13H,2,11-12H2,1H3. The maximum absolute atomic E-state index is 5.58. The predicted octanol–water partition coefficient (Wildman–Crippen LogP) is 4.43. The first-order valence-electron chi connectivity index (χ1n) is 7.09. The monoisotopic (exact) mass is 298 g/mol. The number of benzene rings is 1. The van der Waals surface area contributed by atoms with E-state index in [-0.39, 0.29) is 0 Å². The molecule has 0 bridgehead atoms. The fraction of sp³-hybridized carbons (Fsp3) is 0.235. The molecule has 4 heteroatoms. The normalized spacial score (nSPS) is 11.1. The maximum atomic E-state index is 5.58. The highest BCUT2D eigenvalue weighted by atomic mass is 32.1. The molecule has 3 aromatic rings. The molecule has 2 heterocycles. The van der Waals surface area contributed by atoms with Crippen LogP contribution in [0.25, 0.3) is 10.8 Å². The molecule has 3 nitrogen and oxygen atoms in total. The number of aromatic nitrogens is 1. The third-order valence-corrected chi connectivity index (χ3v) is 4.22. The summed E-state index contributed by atoms with van der Waals surface area (Å²) in [5.41, 5.74) is 2.30. The van der Waals surface area contributed by atoms with Gasteiger partial charge in [0.05, 0.1) is 10.6 Å². The Labute approximate surface area is 128 Å². The van der Waals surface area contributed by atoms with Gasteiger partial charge in [-0.1, -0.05) is 43.3 Å². The van der Waals surface area contributed by atoms with Gasteiger partial charge < -0.3 is 4.42 Å². The van der Waals surface area contributed by atoms with Crippen LogP contribution in [0.2, 0.25) is 0 Å². The first-order valence-corrected chi connectivity index (χ1v) is 7.97. The van der Waals surface area contributed by atoms with Crippen molar-refractivity contribution in [2.45, 2.75) is 20.0 Å². The van der Waals surface area contributed by atoms with Crippen LogP contribution in [0.5, 0.6) is 0 Å². The highest BCUT2D eigenvalue weighted by Crippen LogP contribution is 2.24. The average Bonchev–Trinajstić information content (AvgIpc) is 3.18. The molecule has 0 fully saturated rings. The third-order valence-electron chi connectivity index (χ3n) is 3.37. The lowest BCUT2D eigenvalue weighted by Gasteiger charge is -2.18. The second-order valence-corrected chi connectivity index (χ2v) is 5.86. The molecule has 0 saturated heterocycles. The molecular formula is C17H18N2OS. The Balaban J connectivity index is 1.67. The lowest BCUT2D eigenvalue weighted by molar-refractivity contribution is 0.268. The summed E-state index contributed by atoms with van der Waals surface area (Å²) < 4.78 is 5.58. The Morgan fingerprint density at radius 3 is 2.67 bits per heavy atom. The summed E-state index contributed by atoms with van der Waals surface area (Å²) >= 11 is 1.65. The van der Waals surface area contributed by atoms with E-state index in [0.717, 1.165) is 36.1 Å². The van der Waals surface area contributed by atoms with E-state index in [4.69, 9.17) is 4.42 Å². The number of nitrogens with zero attached hydrogens (tertiary/aromatic N) is 2. The van der Waals surface area contributed by atoms with Gasteiger partial charge in [0, 0.05) is 13.1 Å². The molecule has 0 aliphatic heterocycles. The lowest BCUT2D eigenvalue weighted by atomic mass is 10.2. The first kappa shape index (κ1) is 14.0. The predicted molar refractivity (Wildman–Crippen MR) is 86.0 cm³/mol. The van der Waals surface area contributed by atoms with Crippen LogP contribution in [-0.2, 0) is 13.1 Å². The largest absolute Gasteiger partial charge is 0.444 e. The minimum atomic E-state index is 0.718. The number of rotatable bonds is 6. The molecule has 21 heavy (non-hydrogen) atoms. The van der Waals surface area contributed by atoms with E-state index in [1.54, 1.807) is 17.6 Å². The molecular weight excluding hydrogens is 280 g/mol. The topological polar surface area (TPSA) is 29.3 Å². The molecule has 0 saturated carbocycles. The summed E-state index contributed by atoms with van der Waals surface area (Å²) in [5.74, 6) is 0.718. The fourth-order valence-corrected chi connectivity index (χ4v) is 2.90. The molecule has 0 N–H and O–H groups in total. The molecule has 0 atom stereocenters. The quantitative estimate of drug-likeness (QED) is 0.674. The Bertz CT molecular complexity index is 661. The summed E-state index contributed by atoms with van der Waals surface area (Å²) in [4.78, 5) is 8.01. The summed E-state index contributed by atoms with van der Waals surface area (Å²) in [6, 6.07) is 14.6. The van der Waals surface area contributed by atoms with Crippen molar-refractivity contribution in [1.29, 1.82) is 0 Å². The number of hydrogen-bond donors (Lipinski definition) is 0. The van der Waals surface area contributed by atoms with Crippen LogP contribution in [0, 0.1) is 0 Å². The zero-order valence-electron chi connectivity index (χ0n) is 12.0. The zero-order valence-corrected chi connectivity index (χ0v) is 12.8. The molecule has 0 unspecified atom stereocenters. The highest BCUT2D eigenvalue weighted by molar-refractivity contribution is 7.13. The van der Waals surface area contributed by atoms with Gasteiger partial charge in [-0.25, -0.2) is 4.98 Å². The van der Waals surface area contributed by atoms with Crippen LogP contribution in [0.1, 0.15) is 18.2 Å². The fourth-order valence-electron chi connectivity index (χ4n) is 2.24. The molecule has 0 aliphatic rings. The second-order valence-electron chi connectivity index (χ2n) is 4.91. The summed E-state index contributed by atoms with van der Waals surface area (Å²) in [7, 11) is 0. The van der Waals surface area contributed by atoms with Crippen LogP contribution in [-0.4, -0.2) is 16.4 Å². The van der Waals surface area contributed by atoms with Crippen molar-refractivity contribution in [2.75, 3.05) is 6.54 Å². The molecule has 0 amide bonds. The van der Waals surface area contributed by atoms with Crippen LogP contribution in [0.4, 0.5) is 0 Å². The summed E-state index contributed by atoms with van der Waals surface area (Å²) in [5, 5.41) is 2.03. The Kier molecular flexibility index (Phi) is 4.48. The van der Waals surface area contributed by atoms with Crippen LogP contribution < -0.4 is 0 Å². The van der Waals surface area contributed by atoms with Gasteiger partial charge in [-0.2, -0.15) is 0 Å². The van der Waals surface area contributed by atoms with Gasteiger partial charge in [0.1, 0.15) is 6.26 Å². The van der Waals surface area contributed by atoms with Crippen LogP contribution >= 0.6 is 11.3 Å². The third kappa shape index (κ3) is 3.60. The Hall–Kier alpha value is -1.91. The van der Waals surface area contributed by atoms with E-state index < -0.39 is 0 Å². The summed E-state index contributed by atoms with van der Waals surface area (Å²) in [6.07, 6.45) is 1.77. The van der Waals surface area contributed by atoms with E-state index in [9.17, 15) is 0 Å². The first-order chi connectivity index (χ1) is 10.3. The molecule has 0 radical (unpaired) electrons. The van der Waals surface area contributed by atoms with E-state index in [1.165, 1.54) is 5.56 Å².